The summed E-state index contributed by atoms with van der Waals surface area (Å²) in [6.07, 6.45) is -0.211. The van der Waals surface area contributed by atoms with Gasteiger partial charge < -0.3 is 15.4 Å². The molecule has 1 aromatic carbocycles. The predicted octanol–water partition coefficient (Wildman–Crippen LogP) is 0.759. The summed E-state index contributed by atoms with van der Waals surface area (Å²) >= 11 is 0. The zero-order chi connectivity index (χ0) is 15.6. The molecule has 114 valence electrons. The number of hydrogen-bond donors (Lipinski definition) is 2. The SMILES string of the molecule is CO[C@H]1CNCC1NC(=O)c1cc([N+](=O)[O-])cc(C)c1F. The fraction of sp³-hybridized carbons (Fsp3) is 0.462. The number of carbonyl (C=O) groups excluding carboxylic acids is 1. The molecular formula is C13H16FN3O4. The van der Waals surface area contributed by atoms with Crippen LogP contribution in [0.1, 0.15) is 15.9 Å². The van der Waals surface area contributed by atoms with Crippen LogP contribution >= 0.6 is 0 Å². The summed E-state index contributed by atoms with van der Waals surface area (Å²) in [5, 5.41) is 16.5. The Hall–Kier alpha value is -2.06. The minimum absolute atomic E-state index is 0.0576. The Balaban J connectivity index is 2.24. The fourth-order valence-corrected chi connectivity index (χ4v) is 2.31. The average molecular weight is 297 g/mol. The first kappa shape index (κ1) is 15.3. The van der Waals surface area contributed by atoms with Gasteiger partial charge in [-0.15, -0.1) is 0 Å². The summed E-state index contributed by atoms with van der Waals surface area (Å²) in [6.45, 7) is 2.46. The van der Waals surface area contributed by atoms with E-state index in [0.717, 1.165) is 12.1 Å². The van der Waals surface area contributed by atoms with Gasteiger partial charge in [0.2, 0.25) is 0 Å². The normalized spacial score (nSPS) is 21.3. The van der Waals surface area contributed by atoms with Crippen LogP contribution in [0.3, 0.4) is 0 Å². The molecular weight excluding hydrogens is 281 g/mol. The number of nitrogens with one attached hydrogen (secondary N) is 2. The molecule has 2 N–H and O–H groups in total. The molecule has 1 aromatic rings. The molecule has 0 radical (unpaired) electrons. The van der Waals surface area contributed by atoms with Crippen LogP contribution in [0.4, 0.5) is 10.1 Å². The van der Waals surface area contributed by atoms with Crippen LogP contribution in [-0.2, 0) is 4.74 Å². The molecule has 0 spiro atoms. The Morgan fingerprint density at radius 3 is 2.86 bits per heavy atom. The minimum Gasteiger partial charge on any atom is -0.378 e. The van der Waals surface area contributed by atoms with Crippen LogP contribution in [0.2, 0.25) is 0 Å². The second-order valence-electron chi connectivity index (χ2n) is 4.89. The molecule has 1 heterocycles. The van der Waals surface area contributed by atoms with Crippen LogP contribution < -0.4 is 10.6 Å². The maximum Gasteiger partial charge on any atom is 0.270 e. The van der Waals surface area contributed by atoms with E-state index < -0.39 is 16.6 Å². The van der Waals surface area contributed by atoms with Crippen molar-refractivity contribution in [2.75, 3.05) is 20.2 Å². The average Bonchev–Trinajstić information content (AvgIpc) is 2.88. The number of halogens is 1. The van der Waals surface area contributed by atoms with Gasteiger partial charge >= 0.3 is 0 Å². The van der Waals surface area contributed by atoms with Crippen molar-refractivity contribution in [2.24, 2.45) is 0 Å². The van der Waals surface area contributed by atoms with Crippen molar-refractivity contribution in [3.8, 4) is 0 Å². The third-order valence-electron chi connectivity index (χ3n) is 3.47. The maximum atomic E-state index is 14.0. The molecule has 7 nitrogen and oxygen atoms in total. The highest BCUT2D eigenvalue weighted by Gasteiger charge is 2.30. The number of aryl methyl sites for hydroxylation is 1. The Morgan fingerprint density at radius 2 is 2.24 bits per heavy atom. The fourth-order valence-electron chi connectivity index (χ4n) is 2.31. The van der Waals surface area contributed by atoms with E-state index in [-0.39, 0.29) is 29.0 Å². The van der Waals surface area contributed by atoms with Crippen LogP contribution in [0.15, 0.2) is 12.1 Å². The lowest BCUT2D eigenvalue weighted by Gasteiger charge is -2.18. The Labute approximate surface area is 120 Å². The summed E-state index contributed by atoms with van der Waals surface area (Å²) in [5.74, 6) is -1.44. The highest BCUT2D eigenvalue weighted by Crippen LogP contribution is 2.21. The van der Waals surface area contributed by atoms with E-state index in [1.54, 1.807) is 0 Å². The van der Waals surface area contributed by atoms with Crippen molar-refractivity contribution in [3.05, 3.63) is 39.2 Å². The molecule has 0 aliphatic carbocycles. The third kappa shape index (κ3) is 3.17. The van der Waals surface area contributed by atoms with Crippen molar-refractivity contribution in [3.63, 3.8) is 0 Å². The predicted molar refractivity (Wildman–Crippen MR) is 72.7 cm³/mol. The number of nitrogens with zero attached hydrogens (tertiary/aromatic N) is 1. The highest BCUT2D eigenvalue weighted by atomic mass is 19.1. The molecule has 0 bridgehead atoms. The molecule has 1 saturated heterocycles. The van der Waals surface area contributed by atoms with Crippen molar-refractivity contribution < 1.29 is 18.8 Å². The van der Waals surface area contributed by atoms with Gasteiger partial charge in [0.05, 0.1) is 22.6 Å². The standard InChI is InChI=1S/C13H16FN3O4/c1-7-3-8(17(19)20)4-9(12(7)14)13(18)16-10-5-15-6-11(10)21-2/h3-4,10-11,15H,5-6H2,1-2H3,(H,16,18)/t10?,11-/m0/s1. The number of non-ortho nitro benzene ring substituents is 1. The van der Waals surface area contributed by atoms with E-state index in [0.29, 0.717) is 13.1 Å². The molecule has 2 atom stereocenters. The van der Waals surface area contributed by atoms with E-state index in [2.05, 4.69) is 10.6 Å². The lowest BCUT2D eigenvalue weighted by molar-refractivity contribution is -0.385. The smallest absolute Gasteiger partial charge is 0.270 e. The molecule has 8 heteroatoms. The number of hydrogen-bond acceptors (Lipinski definition) is 5. The maximum absolute atomic E-state index is 14.0. The van der Waals surface area contributed by atoms with Crippen molar-refractivity contribution in [2.45, 2.75) is 19.1 Å². The second kappa shape index (κ2) is 6.15. The van der Waals surface area contributed by atoms with Crippen molar-refractivity contribution >= 4 is 11.6 Å². The van der Waals surface area contributed by atoms with Gasteiger partial charge in [-0.3, -0.25) is 14.9 Å². The molecule has 21 heavy (non-hydrogen) atoms. The molecule has 0 aromatic heterocycles. The number of nitro benzene ring substituents is 1. The van der Waals surface area contributed by atoms with E-state index >= 15 is 0 Å². The highest BCUT2D eigenvalue weighted by molar-refractivity contribution is 5.95. The number of benzene rings is 1. The molecule has 0 saturated carbocycles. The summed E-state index contributed by atoms with van der Waals surface area (Å²) in [4.78, 5) is 22.3. The quantitative estimate of drug-likeness (QED) is 0.632. The minimum atomic E-state index is -0.752. The van der Waals surface area contributed by atoms with Gasteiger partial charge in [-0.25, -0.2) is 4.39 Å². The topological polar surface area (TPSA) is 93.5 Å². The molecule has 1 fully saturated rings. The van der Waals surface area contributed by atoms with Crippen LogP contribution in [-0.4, -0.2) is 43.2 Å². The van der Waals surface area contributed by atoms with Crippen LogP contribution in [0, 0.1) is 22.9 Å². The van der Waals surface area contributed by atoms with Gasteiger partial charge in [0.1, 0.15) is 5.82 Å². The first-order chi connectivity index (χ1) is 9.93. The summed E-state index contributed by atoms with van der Waals surface area (Å²) < 4.78 is 19.2. The Morgan fingerprint density at radius 1 is 1.52 bits per heavy atom. The first-order valence-corrected chi connectivity index (χ1v) is 6.43. The van der Waals surface area contributed by atoms with E-state index in [1.165, 1.54) is 14.0 Å². The Kier molecular flexibility index (Phi) is 4.49. The summed E-state index contributed by atoms with van der Waals surface area (Å²) in [5.41, 5.74) is -0.586. The first-order valence-electron chi connectivity index (χ1n) is 6.43. The monoisotopic (exact) mass is 297 g/mol. The van der Waals surface area contributed by atoms with Crippen LogP contribution in [0.25, 0.3) is 0 Å². The number of carbonyl (C=O) groups is 1. The van der Waals surface area contributed by atoms with E-state index in [1.807, 2.05) is 0 Å². The van der Waals surface area contributed by atoms with Crippen molar-refractivity contribution in [1.29, 1.82) is 0 Å². The number of methoxy groups -OCH3 is 1. The zero-order valence-corrected chi connectivity index (χ0v) is 11.7. The second-order valence-corrected chi connectivity index (χ2v) is 4.89. The van der Waals surface area contributed by atoms with E-state index in [9.17, 15) is 19.3 Å². The largest absolute Gasteiger partial charge is 0.378 e. The lowest BCUT2D eigenvalue weighted by Crippen LogP contribution is -2.43. The van der Waals surface area contributed by atoms with Gasteiger partial charge in [0, 0.05) is 32.3 Å². The van der Waals surface area contributed by atoms with Gasteiger partial charge in [0.15, 0.2) is 0 Å². The van der Waals surface area contributed by atoms with Gasteiger partial charge in [0.25, 0.3) is 11.6 Å². The molecule has 1 unspecified atom stereocenters. The number of ether oxygens (including phenoxy) is 1. The van der Waals surface area contributed by atoms with Gasteiger partial charge in [-0.2, -0.15) is 0 Å². The molecule has 1 aliphatic heterocycles. The summed E-state index contributed by atoms with van der Waals surface area (Å²) in [6, 6.07) is 1.74. The number of rotatable bonds is 4. The van der Waals surface area contributed by atoms with Crippen LogP contribution in [0.5, 0.6) is 0 Å². The third-order valence-corrected chi connectivity index (χ3v) is 3.47. The van der Waals surface area contributed by atoms with Gasteiger partial charge in [-0.05, 0) is 12.5 Å². The van der Waals surface area contributed by atoms with Gasteiger partial charge in [-0.1, -0.05) is 0 Å². The summed E-state index contributed by atoms with van der Waals surface area (Å²) in [7, 11) is 1.52. The lowest BCUT2D eigenvalue weighted by atomic mass is 10.1. The molecule has 2 rings (SSSR count). The number of nitro groups is 1. The number of amides is 1. The zero-order valence-electron chi connectivity index (χ0n) is 11.7. The van der Waals surface area contributed by atoms with E-state index in [4.69, 9.17) is 4.74 Å². The molecule has 1 amide bonds. The Bertz CT molecular complexity index is 579. The van der Waals surface area contributed by atoms with Crippen molar-refractivity contribution in [1.82, 2.24) is 10.6 Å². The molecule has 1 aliphatic rings.